The molecule has 0 amide bonds. The van der Waals surface area contributed by atoms with E-state index in [0.717, 1.165) is 11.4 Å². The van der Waals surface area contributed by atoms with Crippen LogP contribution in [0.3, 0.4) is 0 Å². The highest BCUT2D eigenvalue weighted by molar-refractivity contribution is 6.13. The number of rotatable bonds is 7. The number of aromatic nitrogens is 2. The zero-order valence-corrected chi connectivity index (χ0v) is 34.0. The van der Waals surface area contributed by atoms with Crippen molar-refractivity contribution in [2.24, 2.45) is 0 Å². The predicted molar refractivity (Wildman–Crippen MR) is 262 cm³/mol. The molecule has 2 heterocycles. The van der Waals surface area contributed by atoms with E-state index in [-0.39, 0.29) is 0 Å². The molecule has 0 spiro atoms. The van der Waals surface area contributed by atoms with Crippen LogP contribution in [-0.2, 0) is 0 Å². The van der Waals surface area contributed by atoms with Gasteiger partial charge in [0, 0.05) is 32.9 Å². The third kappa shape index (κ3) is 6.12. The van der Waals surface area contributed by atoms with E-state index in [2.05, 4.69) is 252 Å². The molecule has 0 fully saturated rings. The zero-order valence-electron chi connectivity index (χ0n) is 34.0. The van der Waals surface area contributed by atoms with E-state index in [4.69, 9.17) is 0 Å². The Hall–Kier alpha value is -8.20. The van der Waals surface area contributed by atoms with Gasteiger partial charge in [0.2, 0.25) is 0 Å². The van der Waals surface area contributed by atoms with E-state index in [1.165, 1.54) is 99.2 Å². The van der Waals surface area contributed by atoms with Crippen LogP contribution in [0.5, 0.6) is 0 Å². The first-order valence-corrected chi connectivity index (χ1v) is 21.3. The minimum Gasteiger partial charge on any atom is -0.309 e. The van der Waals surface area contributed by atoms with Gasteiger partial charge in [0.25, 0.3) is 0 Å². The minimum atomic E-state index is 1.14. The van der Waals surface area contributed by atoms with E-state index in [1.54, 1.807) is 0 Å². The molecule has 0 saturated heterocycles. The molecule has 290 valence electrons. The fourth-order valence-corrected chi connectivity index (χ4v) is 9.51. The second kappa shape index (κ2) is 14.8. The molecule has 0 aliphatic heterocycles. The van der Waals surface area contributed by atoms with Crippen molar-refractivity contribution >= 4 is 43.6 Å². The smallest absolute Gasteiger partial charge is 0.0541 e. The molecular weight excluding hydrogens is 749 g/mol. The van der Waals surface area contributed by atoms with Gasteiger partial charge in [-0.2, -0.15) is 0 Å². The summed E-state index contributed by atoms with van der Waals surface area (Å²) in [4.78, 5) is 0. The number of hydrogen-bond acceptors (Lipinski definition) is 0. The number of para-hydroxylation sites is 1. The third-order valence-electron chi connectivity index (χ3n) is 12.5. The van der Waals surface area contributed by atoms with Gasteiger partial charge >= 0.3 is 0 Å². The lowest BCUT2D eigenvalue weighted by Gasteiger charge is -2.12. The van der Waals surface area contributed by atoms with Gasteiger partial charge in [-0.1, -0.05) is 170 Å². The number of hydrogen-bond donors (Lipinski definition) is 0. The maximum atomic E-state index is 2.44. The number of fused-ring (bicyclic) bond motifs is 6. The Bertz CT molecular complexity index is 3610. The Balaban J connectivity index is 1.01. The summed E-state index contributed by atoms with van der Waals surface area (Å²) in [7, 11) is 0. The molecule has 2 heteroatoms. The highest BCUT2D eigenvalue weighted by Crippen LogP contribution is 2.40. The van der Waals surface area contributed by atoms with Crippen molar-refractivity contribution in [3.63, 3.8) is 0 Å². The van der Waals surface area contributed by atoms with E-state index >= 15 is 0 Å². The van der Waals surface area contributed by atoms with E-state index < -0.39 is 0 Å². The summed E-state index contributed by atoms with van der Waals surface area (Å²) in [6.07, 6.45) is 0. The van der Waals surface area contributed by atoms with Gasteiger partial charge in [0.15, 0.2) is 0 Å². The van der Waals surface area contributed by atoms with Crippen molar-refractivity contribution < 1.29 is 0 Å². The average Bonchev–Trinajstić information content (AvgIpc) is 3.87. The molecule has 0 saturated carbocycles. The first kappa shape index (κ1) is 35.7. The van der Waals surface area contributed by atoms with Gasteiger partial charge in [-0.25, -0.2) is 0 Å². The van der Waals surface area contributed by atoms with Crippen molar-refractivity contribution in [1.82, 2.24) is 9.13 Å². The number of nitrogens with zero attached hydrogens (tertiary/aromatic N) is 2. The molecule has 12 rings (SSSR count). The topological polar surface area (TPSA) is 9.86 Å². The number of benzene rings is 10. The van der Waals surface area contributed by atoms with Gasteiger partial charge in [0.1, 0.15) is 0 Å². The van der Waals surface area contributed by atoms with Gasteiger partial charge in [0.05, 0.1) is 22.1 Å². The standard InChI is InChI=1S/C60H40N2/c1-4-15-41(16-5-1)44-21-12-22-45(35-44)47-24-14-26-52(37-47)62-59-32-29-48(43-19-8-3-9-20-43)38-55(59)56-40-50(31-34-60(56)62)49-30-33-58-54(39-49)53-27-10-11-28-57(53)61(58)51-25-13-23-46(36-51)42-17-6-2-7-18-42/h1-40H. The van der Waals surface area contributed by atoms with Crippen LogP contribution in [0, 0.1) is 0 Å². The molecule has 0 bridgehead atoms. The molecule has 0 aliphatic rings. The van der Waals surface area contributed by atoms with Crippen LogP contribution in [0.15, 0.2) is 243 Å². The summed E-state index contributed by atoms with van der Waals surface area (Å²) < 4.78 is 4.85. The Morgan fingerprint density at radius 1 is 0.177 bits per heavy atom. The van der Waals surface area contributed by atoms with E-state index in [0.29, 0.717) is 0 Å². The average molecular weight is 789 g/mol. The predicted octanol–water partition coefficient (Wildman–Crippen LogP) is 16.2. The third-order valence-corrected chi connectivity index (χ3v) is 12.5. The maximum Gasteiger partial charge on any atom is 0.0541 e. The molecule has 2 nitrogen and oxygen atoms in total. The molecule has 10 aromatic carbocycles. The summed E-state index contributed by atoms with van der Waals surface area (Å²) in [6.45, 7) is 0. The summed E-state index contributed by atoms with van der Waals surface area (Å²) in [5.41, 5.74) is 19.1. The molecule has 0 N–H and O–H groups in total. The highest BCUT2D eigenvalue weighted by Gasteiger charge is 2.18. The Morgan fingerprint density at radius 2 is 0.484 bits per heavy atom. The SMILES string of the molecule is c1ccc(-c2cccc(-c3cccc(-n4c5ccc(-c6ccccc6)cc5c5cc(-c6ccc7c(c6)c6ccccc6n7-c6cccc(-c7ccccc7)c6)ccc54)c3)c2)cc1. The van der Waals surface area contributed by atoms with Crippen molar-refractivity contribution in [2.45, 2.75) is 0 Å². The molecule has 0 aliphatic carbocycles. The first-order valence-electron chi connectivity index (χ1n) is 21.3. The van der Waals surface area contributed by atoms with E-state index in [1.807, 2.05) is 0 Å². The Morgan fingerprint density at radius 3 is 0.968 bits per heavy atom. The van der Waals surface area contributed by atoms with Crippen LogP contribution in [0.4, 0.5) is 0 Å². The quantitative estimate of drug-likeness (QED) is 0.152. The molecule has 12 aromatic rings. The lowest BCUT2D eigenvalue weighted by molar-refractivity contribution is 1.18. The first-order chi connectivity index (χ1) is 30.7. The molecule has 62 heavy (non-hydrogen) atoms. The van der Waals surface area contributed by atoms with Gasteiger partial charge in [-0.3, -0.25) is 0 Å². The van der Waals surface area contributed by atoms with Crippen LogP contribution in [-0.4, -0.2) is 9.13 Å². The normalized spacial score (nSPS) is 11.5. The van der Waals surface area contributed by atoms with Gasteiger partial charge < -0.3 is 9.13 Å². The fourth-order valence-electron chi connectivity index (χ4n) is 9.51. The second-order valence-corrected chi connectivity index (χ2v) is 16.2. The molecule has 0 radical (unpaired) electrons. The van der Waals surface area contributed by atoms with Crippen molar-refractivity contribution in [1.29, 1.82) is 0 Å². The van der Waals surface area contributed by atoms with Crippen molar-refractivity contribution in [3.05, 3.63) is 243 Å². The van der Waals surface area contributed by atoms with Crippen LogP contribution in [0.1, 0.15) is 0 Å². The fraction of sp³-hybridized carbons (Fsp3) is 0. The molecular formula is C60H40N2. The molecule has 0 atom stereocenters. The van der Waals surface area contributed by atoms with Gasteiger partial charge in [-0.15, -0.1) is 0 Å². The summed E-state index contributed by atoms with van der Waals surface area (Å²) >= 11 is 0. The van der Waals surface area contributed by atoms with Crippen LogP contribution in [0.2, 0.25) is 0 Å². The highest BCUT2D eigenvalue weighted by atomic mass is 15.0. The summed E-state index contributed by atoms with van der Waals surface area (Å²) in [6, 6.07) is 88.4. The second-order valence-electron chi connectivity index (χ2n) is 16.2. The van der Waals surface area contributed by atoms with Crippen LogP contribution < -0.4 is 0 Å². The molecule has 2 aromatic heterocycles. The largest absolute Gasteiger partial charge is 0.309 e. The minimum absolute atomic E-state index is 1.14. The van der Waals surface area contributed by atoms with E-state index in [9.17, 15) is 0 Å². The Kier molecular flexibility index (Phi) is 8.53. The van der Waals surface area contributed by atoms with Crippen molar-refractivity contribution in [2.75, 3.05) is 0 Å². The van der Waals surface area contributed by atoms with Crippen molar-refractivity contribution in [3.8, 4) is 67.0 Å². The maximum absolute atomic E-state index is 2.44. The van der Waals surface area contributed by atoms with Crippen LogP contribution >= 0.6 is 0 Å². The molecule has 0 unspecified atom stereocenters. The summed E-state index contributed by atoms with van der Waals surface area (Å²) in [5.74, 6) is 0. The zero-order chi connectivity index (χ0) is 41.0. The monoisotopic (exact) mass is 788 g/mol. The lowest BCUT2D eigenvalue weighted by Crippen LogP contribution is -1.95. The van der Waals surface area contributed by atoms with Gasteiger partial charge in [-0.05, 0) is 128 Å². The van der Waals surface area contributed by atoms with Crippen LogP contribution in [0.25, 0.3) is 111 Å². The summed E-state index contributed by atoms with van der Waals surface area (Å²) in [5, 5.41) is 4.95. The Labute approximate surface area is 360 Å². The lowest BCUT2D eigenvalue weighted by atomic mass is 9.99.